The molecule has 0 saturated carbocycles. The number of phenols is 2. The van der Waals surface area contributed by atoms with Crippen LogP contribution >= 0.6 is 0 Å². The van der Waals surface area contributed by atoms with Gasteiger partial charge < -0.3 is 45.1 Å². The van der Waals surface area contributed by atoms with Crippen LogP contribution in [-0.2, 0) is 20.6 Å². The summed E-state index contributed by atoms with van der Waals surface area (Å²) in [5, 5.41) is 47.7. The molecule has 242 valence electrons. The Balaban J connectivity index is 1.35. The maximum atomic E-state index is 13.6. The summed E-state index contributed by atoms with van der Waals surface area (Å²) in [4.78, 5) is 39.8. The summed E-state index contributed by atoms with van der Waals surface area (Å²) < 4.78 is 22.5. The number of amides is 1. The topological polar surface area (TPSA) is 207 Å². The Kier molecular flexibility index (Phi) is 8.21. The van der Waals surface area contributed by atoms with Crippen molar-refractivity contribution in [2.45, 2.75) is 62.4 Å². The van der Waals surface area contributed by atoms with E-state index in [2.05, 4.69) is 5.32 Å². The maximum absolute atomic E-state index is 13.6. The number of anilines is 1. The molecule has 2 aliphatic carbocycles. The summed E-state index contributed by atoms with van der Waals surface area (Å²) in [6.45, 7) is 1.04. The van der Waals surface area contributed by atoms with Gasteiger partial charge in [-0.2, -0.15) is 0 Å². The molecule has 0 aromatic heterocycles. The van der Waals surface area contributed by atoms with Crippen LogP contribution in [0.2, 0.25) is 0 Å². The fraction of sp³-hybridized carbons (Fsp3) is 0.364. The smallest absolute Gasteiger partial charge is 0.411 e. The lowest BCUT2D eigenvalue weighted by Crippen LogP contribution is -2.52. The average molecular weight is 635 g/mol. The summed E-state index contributed by atoms with van der Waals surface area (Å²) >= 11 is 0. The van der Waals surface area contributed by atoms with Gasteiger partial charge in [-0.15, -0.1) is 0 Å². The third kappa shape index (κ3) is 5.56. The van der Waals surface area contributed by atoms with E-state index in [0.29, 0.717) is 11.4 Å². The van der Waals surface area contributed by atoms with Crippen molar-refractivity contribution in [1.82, 2.24) is 0 Å². The number of nitrogens with one attached hydrogen (secondary N) is 1. The average Bonchev–Trinajstić information content (AvgIpc) is 3.03. The summed E-state index contributed by atoms with van der Waals surface area (Å²) in [6, 6.07) is 11.8. The number of fused-ring (bicyclic) bond motifs is 3. The van der Waals surface area contributed by atoms with E-state index >= 15 is 0 Å². The Labute approximate surface area is 263 Å². The molecule has 1 aliphatic heterocycles. The number of aliphatic hydroxyl groups excluding tert-OH is 1. The van der Waals surface area contributed by atoms with Crippen molar-refractivity contribution < 1.29 is 53.8 Å². The molecule has 0 radical (unpaired) electrons. The zero-order chi connectivity index (χ0) is 32.9. The summed E-state index contributed by atoms with van der Waals surface area (Å²) in [7, 11) is 1.51. The number of ketones is 2. The van der Waals surface area contributed by atoms with Crippen LogP contribution in [0, 0.1) is 0 Å². The highest BCUT2D eigenvalue weighted by atomic mass is 16.7. The second kappa shape index (κ2) is 12.0. The van der Waals surface area contributed by atoms with E-state index < -0.39 is 77.6 Å². The highest BCUT2D eigenvalue weighted by Crippen LogP contribution is 2.52. The minimum absolute atomic E-state index is 0.0138. The quantitative estimate of drug-likeness (QED) is 0.169. The highest BCUT2D eigenvalue weighted by Gasteiger charge is 2.48. The number of nitrogens with two attached hydrogens (primary N) is 1. The molecule has 3 aliphatic rings. The van der Waals surface area contributed by atoms with Gasteiger partial charge in [0.1, 0.15) is 29.5 Å². The van der Waals surface area contributed by atoms with Crippen molar-refractivity contribution in [3.05, 3.63) is 81.9 Å². The van der Waals surface area contributed by atoms with Crippen LogP contribution in [0.25, 0.3) is 0 Å². The summed E-state index contributed by atoms with van der Waals surface area (Å²) in [6.07, 6.45) is -5.36. The number of ether oxygens (including phenoxy) is 4. The van der Waals surface area contributed by atoms with E-state index in [0.717, 1.165) is 0 Å². The molecule has 1 fully saturated rings. The Morgan fingerprint density at radius 2 is 1.67 bits per heavy atom. The number of hydrogen-bond acceptors (Lipinski definition) is 12. The number of rotatable bonds is 6. The van der Waals surface area contributed by atoms with Gasteiger partial charge >= 0.3 is 6.09 Å². The van der Waals surface area contributed by atoms with Crippen molar-refractivity contribution in [3.8, 4) is 17.2 Å². The van der Waals surface area contributed by atoms with Crippen molar-refractivity contribution in [1.29, 1.82) is 0 Å². The number of methoxy groups -OCH3 is 1. The molecular weight excluding hydrogens is 600 g/mol. The van der Waals surface area contributed by atoms with Crippen molar-refractivity contribution >= 4 is 23.3 Å². The first-order chi connectivity index (χ1) is 21.9. The molecule has 13 nitrogen and oxygen atoms in total. The largest absolute Gasteiger partial charge is 0.507 e. The number of benzene rings is 3. The number of carbonyl (C=O) groups is 3. The normalized spacial score (nSPS) is 26.8. The van der Waals surface area contributed by atoms with Gasteiger partial charge in [0.2, 0.25) is 0 Å². The molecule has 46 heavy (non-hydrogen) atoms. The third-order valence-corrected chi connectivity index (χ3v) is 8.73. The molecule has 3 aromatic rings. The number of aromatic hydroxyl groups is 2. The lowest BCUT2D eigenvalue weighted by Gasteiger charge is -2.42. The third-order valence-electron chi connectivity index (χ3n) is 8.73. The molecule has 1 heterocycles. The zero-order valence-corrected chi connectivity index (χ0v) is 25.1. The fourth-order valence-corrected chi connectivity index (χ4v) is 6.37. The molecule has 0 spiro atoms. The van der Waals surface area contributed by atoms with Crippen LogP contribution in [0.15, 0.2) is 48.5 Å². The van der Waals surface area contributed by atoms with Crippen LogP contribution in [0.1, 0.15) is 68.8 Å². The number of phenolic OH excluding ortho intramolecular Hbond substituents is 2. The SMILES string of the molecule is COc1ccc(NC(=O)OC[C@]2(O)Cc3c(O)c4c(c(O)c3[C@@H](OC3CC(N)C(O)C(C)O3)C2)C(=O)c2ccccc2C4=O)cc1. The van der Waals surface area contributed by atoms with Gasteiger partial charge in [0.25, 0.3) is 0 Å². The molecule has 1 saturated heterocycles. The highest BCUT2D eigenvalue weighted by molar-refractivity contribution is 6.30. The molecule has 6 rings (SSSR count). The number of hydrogen-bond donors (Lipinski definition) is 6. The second-order valence-corrected chi connectivity index (χ2v) is 11.9. The molecule has 4 unspecified atom stereocenters. The van der Waals surface area contributed by atoms with Gasteiger partial charge in [-0.25, -0.2) is 4.79 Å². The predicted octanol–water partition coefficient (Wildman–Crippen LogP) is 2.69. The van der Waals surface area contributed by atoms with Crippen molar-refractivity contribution in [2.24, 2.45) is 5.73 Å². The van der Waals surface area contributed by atoms with E-state index in [1.807, 2.05) is 0 Å². The molecule has 6 atom stereocenters. The van der Waals surface area contributed by atoms with Gasteiger partial charge in [0.15, 0.2) is 17.9 Å². The zero-order valence-electron chi connectivity index (χ0n) is 25.1. The molecule has 1 amide bonds. The predicted molar refractivity (Wildman–Crippen MR) is 161 cm³/mol. The maximum Gasteiger partial charge on any atom is 0.411 e. The molecule has 7 N–H and O–H groups in total. The Morgan fingerprint density at radius 1 is 1.04 bits per heavy atom. The van der Waals surface area contributed by atoms with E-state index in [-0.39, 0.29) is 47.1 Å². The van der Waals surface area contributed by atoms with Crippen LogP contribution in [0.5, 0.6) is 17.2 Å². The Bertz CT molecular complexity index is 1700. The first-order valence-electron chi connectivity index (χ1n) is 14.7. The van der Waals surface area contributed by atoms with E-state index in [9.17, 15) is 34.8 Å². The van der Waals surface area contributed by atoms with E-state index in [1.54, 1.807) is 43.3 Å². The monoisotopic (exact) mass is 634 g/mol. The standard InChI is InChI=1S/C33H34N2O11/c1-15-27(36)21(34)11-23(45-15)46-22-13-33(42,14-44-32(41)35-16-7-9-17(43-2)10-8-16)12-20-24(22)31(40)26-25(30(20)39)28(37)18-5-3-4-6-19(18)29(26)38/h3-10,15,21-23,27,36,39-40,42H,11-14,34H2,1-2H3,(H,35,41)/t15?,21?,22-,23?,27?,33-/m0/s1. The molecule has 13 heteroatoms. The summed E-state index contributed by atoms with van der Waals surface area (Å²) in [5.74, 6) is -1.93. The minimum Gasteiger partial charge on any atom is -0.507 e. The Hall–Kier alpha value is -4.53. The number of aliphatic hydroxyl groups is 2. The lowest BCUT2D eigenvalue weighted by atomic mass is 9.73. The second-order valence-electron chi connectivity index (χ2n) is 11.9. The van der Waals surface area contributed by atoms with E-state index in [1.165, 1.54) is 19.2 Å². The van der Waals surface area contributed by atoms with E-state index in [4.69, 9.17) is 24.7 Å². The first-order valence-corrected chi connectivity index (χ1v) is 14.7. The first kappa shape index (κ1) is 31.5. The van der Waals surface area contributed by atoms with Gasteiger partial charge in [-0.1, -0.05) is 24.3 Å². The van der Waals surface area contributed by atoms with Crippen molar-refractivity contribution in [3.63, 3.8) is 0 Å². The Morgan fingerprint density at radius 3 is 2.28 bits per heavy atom. The summed E-state index contributed by atoms with van der Waals surface area (Å²) in [5.41, 5.74) is 3.93. The van der Waals surface area contributed by atoms with Crippen LogP contribution < -0.4 is 15.8 Å². The van der Waals surface area contributed by atoms with Gasteiger partial charge in [0.05, 0.1) is 36.5 Å². The van der Waals surface area contributed by atoms with Gasteiger partial charge in [0, 0.05) is 53.2 Å². The molecular formula is C33H34N2O11. The van der Waals surface area contributed by atoms with Crippen molar-refractivity contribution in [2.75, 3.05) is 19.0 Å². The van der Waals surface area contributed by atoms with Gasteiger partial charge in [-0.05, 0) is 31.2 Å². The van der Waals surface area contributed by atoms with Crippen LogP contribution in [0.4, 0.5) is 10.5 Å². The molecule has 3 aromatic carbocycles. The van der Waals surface area contributed by atoms with Gasteiger partial charge in [-0.3, -0.25) is 14.9 Å². The lowest BCUT2D eigenvalue weighted by molar-refractivity contribution is -0.248. The van der Waals surface area contributed by atoms with Crippen LogP contribution in [-0.4, -0.2) is 81.9 Å². The fourth-order valence-electron chi connectivity index (χ4n) is 6.37. The molecule has 0 bridgehead atoms. The van der Waals surface area contributed by atoms with Crippen LogP contribution in [0.3, 0.4) is 0 Å². The number of carbonyl (C=O) groups excluding carboxylic acids is 3. The minimum atomic E-state index is -1.87.